The highest BCUT2D eigenvalue weighted by Gasteiger charge is 2.18. The average molecular weight is 391 g/mol. The zero-order valence-corrected chi connectivity index (χ0v) is 16.8. The van der Waals surface area contributed by atoms with Crippen LogP contribution in [-0.2, 0) is 13.1 Å². The molecule has 2 aromatic heterocycles. The highest BCUT2D eigenvalue weighted by atomic mass is 32.1. The molecule has 0 saturated carbocycles. The van der Waals surface area contributed by atoms with Gasteiger partial charge in [-0.15, -0.1) is 11.3 Å². The van der Waals surface area contributed by atoms with Crippen LogP contribution in [0.4, 0.5) is 0 Å². The van der Waals surface area contributed by atoms with Gasteiger partial charge in [0.25, 0.3) is 0 Å². The zero-order valence-electron chi connectivity index (χ0n) is 15.9. The van der Waals surface area contributed by atoms with E-state index < -0.39 is 0 Å². The lowest BCUT2D eigenvalue weighted by molar-refractivity contribution is 0.321. The van der Waals surface area contributed by atoms with Crippen LogP contribution >= 0.6 is 11.3 Å². The fraction of sp³-hybridized carbons (Fsp3) is 0.174. The van der Waals surface area contributed by atoms with Crippen molar-refractivity contribution in [2.24, 2.45) is 0 Å². The van der Waals surface area contributed by atoms with Crippen molar-refractivity contribution in [3.63, 3.8) is 0 Å². The van der Waals surface area contributed by atoms with Gasteiger partial charge in [-0.25, -0.2) is 0 Å². The van der Waals surface area contributed by atoms with E-state index in [1.807, 2.05) is 18.2 Å². The van der Waals surface area contributed by atoms with Gasteiger partial charge in [-0.1, -0.05) is 30.3 Å². The van der Waals surface area contributed by atoms with Crippen LogP contribution in [0.5, 0.6) is 5.75 Å². The Morgan fingerprint density at radius 3 is 2.46 bits per heavy atom. The average Bonchev–Trinajstić information content (AvgIpc) is 3.08. The van der Waals surface area contributed by atoms with E-state index in [2.05, 4.69) is 53.3 Å². The van der Waals surface area contributed by atoms with Crippen molar-refractivity contribution in [2.45, 2.75) is 13.1 Å². The van der Waals surface area contributed by atoms with Gasteiger partial charge in [0.15, 0.2) is 5.43 Å². The molecule has 4 nitrogen and oxygen atoms in total. The summed E-state index contributed by atoms with van der Waals surface area (Å²) in [5, 5.41) is 0.790. The molecule has 0 fully saturated rings. The standard InChI is InChI=1S/C23H22N2O2S/c1-25(14-16-6-4-3-5-7-16)15-19-21-20(26)12-13-24-23(21)28-22(19)17-8-10-18(27-2)11-9-17/h3-13H,14-15H2,1-2H3,(H,24,26). The summed E-state index contributed by atoms with van der Waals surface area (Å²) in [6, 6.07) is 20.0. The van der Waals surface area contributed by atoms with E-state index in [0.29, 0.717) is 6.54 Å². The molecule has 0 spiro atoms. The number of nitrogens with zero attached hydrogens (tertiary/aromatic N) is 1. The van der Waals surface area contributed by atoms with Gasteiger partial charge in [-0.2, -0.15) is 0 Å². The maximum Gasteiger partial charge on any atom is 0.190 e. The van der Waals surface area contributed by atoms with Crippen molar-refractivity contribution >= 4 is 21.6 Å². The Labute approximate surface area is 168 Å². The van der Waals surface area contributed by atoms with Gasteiger partial charge in [-0.05, 0) is 48.0 Å². The lowest BCUT2D eigenvalue weighted by atomic mass is 10.1. The maximum absolute atomic E-state index is 12.6. The van der Waals surface area contributed by atoms with Crippen LogP contribution < -0.4 is 10.2 Å². The van der Waals surface area contributed by atoms with Crippen LogP contribution in [0.2, 0.25) is 0 Å². The quantitative estimate of drug-likeness (QED) is 0.509. The molecule has 28 heavy (non-hydrogen) atoms. The number of thiophene rings is 1. The van der Waals surface area contributed by atoms with Gasteiger partial charge in [-0.3, -0.25) is 9.69 Å². The molecule has 1 N–H and O–H groups in total. The first-order valence-electron chi connectivity index (χ1n) is 9.15. The molecule has 0 radical (unpaired) electrons. The summed E-state index contributed by atoms with van der Waals surface area (Å²) >= 11 is 1.63. The molecule has 4 rings (SSSR count). The lowest BCUT2D eigenvalue weighted by Crippen LogP contribution is -2.18. The molecular formula is C23H22N2O2S. The Morgan fingerprint density at radius 1 is 1.00 bits per heavy atom. The number of aromatic nitrogens is 1. The predicted molar refractivity (Wildman–Crippen MR) is 116 cm³/mol. The molecule has 0 amide bonds. The molecule has 0 bridgehead atoms. The molecule has 142 valence electrons. The lowest BCUT2D eigenvalue weighted by Gasteiger charge is -2.17. The second kappa shape index (κ2) is 8.00. The monoisotopic (exact) mass is 390 g/mol. The fourth-order valence-corrected chi connectivity index (χ4v) is 4.65. The third kappa shape index (κ3) is 3.72. The summed E-state index contributed by atoms with van der Waals surface area (Å²) < 4.78 is 5.28. The number of pyridine rings is 1. The van der Waals surface area contributed by atoms with Gasteiger partial charge >= 0.3 is 0 Å². The first-order chi connectivity index (χ1) is 13.7. The van der Waals surface area contributed by atoms with E-state index in [0.717, 1.165) is 38.5 Å². The molecule has 0 unspecified atom stereocenters. The highest BCUT2D eigenvalue weighted by molar-refractivity contribution is 7.22. The van der Waals surface area contributed by atoms with E-state index in [1.165, 1.54) is 5.56 Å². The van der Waals surface area contributed by atoms with E-state index in [4.69, 9.17) is 4.74 Å². The van der Waals surface area contributed by atoms with Crippen molar-refractivity contribution in [2.75, 3.05) is 14.2 Å². The Morgan fingerprint density at radius 2 is 1.75 bits per heavy atom. The van der Waals surface area contributed by atoms with Crippen LogP contribution in [-0.4, -0.2) is 24.0 Å². The summed E-state index contributed by atoms with van der Waals surface area (Å²) in [5.41, 5.74) is 3.49. The number of H-pyrrole nitrogens is 1. The SMILES string of the molecule is COc1ccc(-c2sc3[nH]ccc(=O)c3c2CN(C)Cc2ccccc2)cc1. The molecule has 0 atom stereocenters. The second-order valence-electron chi connectivity index (χ2n) is 6.84. The maximum atomic E-state index is 12.6. The van der Waals surface area contributed by atoms with E-state index in [9.17, 15) is 4.79 Å². The Kier molecular flexibility index (Phi) is 5.28. The predicted octanol–water partition coefficient (Wildman–Crippen LogP) is 4.90. The summed E-state index contributed by atoms with van der Waals surface area (Å²) in [6.07, 6.45) is 1.72. The van der Waals surface area contributed by atoms with Crippen molar-refractivity contribution in [1.29, 1.82) is 0 Å². The first-order valence-corrected chi connectivity index (χ1v) is 9.97. The molecule has 0 aliphatic carbocycles. The number of nitrogens with one attached hydrogen (secondary N) is 1. The van der Waals surface area contributed by atoms with Crippen molar-refractivity contribution in [3.8, 4) is 16.2 Å². The molecule has 0 saturated heterocycles. The zero-order chi connectivity index (χ0) is 19.5. The smallest absolute Gasteiger partial charge is 0.190 e. The molecule has 0 aliphatic heterocycles. The largest absolute Gasteiger partial charge is 0.497 e. The van der Waals surface area contributed by atoms with Gasteiger partial charge in [0, 0.05) is 30.2 Å². The summed E-state index contributed by atoms with van der Waals surface area (Å²) in [4.78, 5) is 20.2. The number of benzene rings is 2. The van der Waals surface area contributed by atoms with E-state index in [1.54, 1.807) is 30.7 Å². The van der Waals surface area contributed by atoms with Crippen LogP contribution in [0.3, 0.4) is 0 Å². The summed E-state index contributed by atoms with van der Waals surface area (Å²) in [7, 11) is 3.75. The van der Waals surface area contributed by atoms with Crippen LogP contribution in [0.25, 0.3) is 20.7 Å². The molecule has 2 heterocycles. The van der Waals surface area contributed by atoms with Crippen molar-refractivity contribution < 1.29 is 4.74 Å². The topological polar surface area (TPSA) is 45.3 Å². The molecule has 5 heteroatoms. The Bertz CT molecular complexity index is 1130. The third-order valence-corrected chi connectivity index (χ3v) is 5.99. The number of rotatable bonds is 6. The first kappa shape index (κ1) is 18.5. The number of fused-ring (bicyclic) bond motifs is 1. The number of methoxy groups -OCH3 is 1. The van der Waals surface area contributed by atoms with Crippen LogP contribution in [0.1, 0.15) is 11.1 Å². The normalized spacial score (nSPS) is 11.2. The van der Waals surface area contributed by atoms with Gasteiger partial charge < -0.3 is 9.72 Å². The Balaban J connectivity index is 1.75. The van der Waals surface area contributed by atoms with Crippen LogP contribution in [0.15, 0.2) is 71.7 Å². The number of aromatic amines is 1. The molecular weight excluding hydrogens is 368 g/mol. The third-order valence-electron chi connectivity index (χ3n) is 4.78. The van der Waals surface area contributed by atoms with Gasteiger partial charge in [0.05, 0.1) is 12.5 Å². The summed E-state index contributed by atoms with van der Waals surface area (Å²) in [5.74, 6) is 0.823. The van der Waals surface area contributed by atoms with Crippen molar-refractivity contribution in [1.82, 2.24) is 9.88 Å². The van der Waals surface area contributed by atoms with Gasteiger partial charge in [0.1, 0.15) is 10.6 Å². The highest BCUT2D eigenvalue weighted by Crippen LogP contribution is 2.37. The minimum Gasteiger partial charge on any atom is -0.497 e. The molecule has 0 aliphatic rings. The Hall–Kier alpha value is -2.89. The molecule has 4 aromatic rings. The number of hydrogen-bond donors (Lipinski definition) is 1. The summed E-state index contributed by atoms with van der Waals surface area (Å²) in [6.45, 7) is 1.52. The number of ether oxygens (including phenoxy) is 1. The van der Waals surface area contributed by atoms with Crippen LogP contribution in [0, 0.1) is 0 Å². The fourth-order valence-electron chi connectivity index (χ4n) is 3.45. The number of hydrogen-bond acceptors (Lipinski definition) is 4. The van der Waals surface area contributed by atoms with Crippen molar-refractivity contribution in [3.05, 3.63) is 88.2 Å². The minimum atomic E-state index is 0.0628. The van der Waals surface area contributed by atoms with E-state index >= 15 is 0 Å². The molecule has 2 aromatic carbocycles. The second-order valence-corrected chi connectivity index (χ2v) is 7.86. The van der Waals surface area contributed by atoms with Gasteiger partial charge in [0.2, 0.25) is 0 Å². The minimum absolute atomic E-state index is 0.0628. The van der Waals surface area contributed by atoms with E-state index in [-0.39, 0.29) is 5.43 Å².